The molecule has 2 fully saturated rings. The number of allylic oxidation sites excluding steroid dienone is 2. The zero-order valence-corrected chi connectivity index (χ0v) is 8.33. The minimum atomic E-state index is 0.333. The number of ketones is 1. The molecule has 0 heterocycles. The van der Waals surface area contributed by atoms with E-state index in [1.54, 1.807) is 6.08 Å². The third-order valence-electron chi connectivity index (χ3n) is 3.70. The van der Waals surface area contributed by atoms with Crippen LogP contribution < -0.4 is 0 Å². The van der Waals surface area contributed by atoms with Gasteiger partial charge in [0.1, 0.15) is 0 Å². The Kier molecular flexibility index (Phi) is 2.52. The smallest absolute Gasteiger partial charge is 0.155 e. The molecule has 0 amide bonds. The topological polar surface area (TPSA) is 17.1 Å². The van der Waals surface area contributed by atoms with Crippen LogP contribution in [-0.2, 0) is 4.79 Å². The van der Waals surface area contributed by atoms with Crippen LogP contribution in [0.15, 0.2) is 12.2 Å². The van der Waals surface area contributed by atoms with Gasteiger partial charge in [0.25, 0.3) is 0 Å². The maximum Gasteiger partial charge on any atom is 0.155 e. The van der Waals surface area contributed by atoms with Gasteiger partial charge < -0.3 is 0 Å². The van der Waals surface area contributed by atoms with Crippen molar-refractivity contribution in [2.45, 2.75) is 39.0 Å². The highest BCUT2D eigenvalue weighted by Crippen LogP contribution is 2.49. The molecular formula is C12H18O. The molecular weight excluding hydrogens is 160 g/mol. The largest absolute Gasteiger partial charge is 0.295 e. The first-order valence-corrected chi connectivity index (χ1v) is 5.45. The van der Waals surface area contributed by atoms with E-state index in [4.69, 9.17) is 0 Å². The van der Waals surface area contributed by atoms with Crippen molar-refractivity contribution in [1.29, 1.82) is 0 Å². The van der Waals surface area contributed by atoms with Gasteiger partial charge in [-0.1, -0.05) is 12.5 Å². The van der Waals surface area contributed by atoms with Crippen molar-refractivity contribution >= 4 is 5.78 Å². The van der Waals surface area contributed by atoms with Gasteiger partial charge in [0.15, 0.2) is 5.78 Å². The summed E-state index contributed by atoms with van der Waals surface area (Å²) in [7, 11) is 0. The van der Waals surface area contributed by atoms with Gasteiger partial charge in [-0.05, 0) is 50.0 Å². The van der Waals surface area contributed by atoms with Gasteiger partial charge >= 0.3 is 0 Å². The summed E-state index contributed by atoms with van der Waals surface area (Å²) in [6.45, 7) is 1.92. The van der Waals surface area contributed by atoms with Gasteiger partial charge in [-0.3, -0.25) is 4.79 Å². The number of rotatable bonds is 3. The lowest BCUT2D eigenvalue weighted by Crippen LogP contribution is -2.13. The third kappa shape index (κ3) is 1.84. The molecule has 2 aliphatic carbocycles. The third-order valence-corrected chi connectivity index (χ3v) is 3.70. The zero-order valence-electron chi connectivity index (χ0n) is 8.33. The molecule has 2 saturated carbocycles. The van der Waals surface area contributed by atoms with Crippen LogP contribution in [0.1, 0.15) is 39.0 Å². The summed E-state index contributed by atoms with van der Waals surface area (Å²) in [4.78, 5) is 11.4. The first-order valence-electron chi connectivity index (χ1n) is 5.45. The van der Waals surface area contributed by atoms with E-state index in [9.17, 15) is 4.79 Å². The fourth-order valence-electron chi connectivity index (χ4n) is 3.14. The van der Waals surface area contributed by atoms with Crippen LogP contribution in [0.25, 0.3) is 0 Å². The molecule has 2 bridgehead atoms. The maximum absolute atomic E-state index is 11.4. The molecule has 0 aliphatic heterocycles. The molecule has 13 heavy (non-hydrogen) atoms. The zero-order chi connectivity index (χ0) is 9.26. The van der Waals surface area contributed by atoms with E-state index in [0.29, 0.717) is 5.78 Å². The Balaban J connectivity index is 1.86. The summed E-state index contributed by atoms with van der Waals surface area (Å²) in [5.74, 6) is 2.91. The fourth-order valence-corrected chi connectivity index (χ4v) is 3.14. The van der Waals surface area contributed by atoms with Crippen LogP contribution in [-0.4, -0.2) is 5.78 Å². The summed E-state index contributed by atoms with van der Waals surface area (Å²) in [6, 6.07) is 0. The van der Waals surface area contributed by atoms with Gasteiger partial charge in [0.05, 0.1) is 0 Å². The molecule has 72 valence electrons. The second-order valence-corrected chi connectivity index (χ2v) is 4.61. The van der Waals surface area contributed by atoms with E-state index in [-0.39, 0.29) is 0 Å². The SMILES string of the molecule is C/C=C/C(=O)CC1CC2CCC1C2. The Hall–Kier alpha value is -0.590. The van der Waals surface area contributed by atoms with Crippen molar-refractivity contribution in [3.63, 3.8) is 0 Å². The fraction of sp³-hybridized carbons (Fsp3) is 0.750. The highest BCUT2D eigenvalue weighted by atomic mass is 16.1. The van der Waals surface area contributed by atoms with Crippen LogP contribution in [0.3, 0.4) is 0 Å². The number of hydrogen-bond acceptors (Lipinski definition) is 1. The van der Waals surface area contributed by atoms with Gasteiger partial charge in [-0.2, -0.15) is 0 Å². The Morgan fingerprint density at radius 1 is 1.38 bits per heavy atom. The summed E-state index contributed by atoms with van der Waals surface area (Å²) < 4.78 is 0. The number of carbonyl (C=O) groups is 1. The van der Waals surface area contributed by atoms with Crippen molar-refractivity contribution in [3.8, 4) is 0 Å². The van der Waals surface area contributed by atoms with E-state index in [1.807, 2.05) is 13.0 Å². The number of hydrogen-bond donors (Lipinski definition) is 0. The second kappa shape index (κ2) is 3.65. The van der Waals surface area contributed by atoms with Crippen molar-refractivity contribution in [1.82, 2.24) is 0 Å². The van der Waals surface area contributed by atoms with Crippen molar-refractivity contribution < 1.29 is 4.79 Å². The molecule has 1 heteroatoms. The lowest BCUT2D eigenvalue weighted by Gasteiger charge is -2.19. The van der Waals surface area contributed by atoms with E-state index < -0.39 is 0 Å². The van der Waals surface area contributed by atoms with Crippen LogP contribution in [0.2, 0.25) is 0 Å². The highest BCUT2D eigenvalue weighted by Gasteiger charge is 2.39. The lowest BCUT2D eigenvalue weighted by atomic mass is 9.85. The predicted octanol–water partition coefficient (Wildman–Crippen LogP) is 2.96. The molecule has 0 radical (unpaired) electrons. The Morgan fingerprint density at radius 2 is 2.23 bits per heavy atom. The summed E-state index contributed by atoms with van der Waals surface area (Å²) >= 11 is 0. The van der Waals surface area contributed by atoms with Crippen molar-refractivity contribution in [2.75, 3.05) is 0 Å². The van der Waals surface area contributed by atoms with Crippen LogP contribution >= 0.6 is 0 Å². The maximum atomic E-state index is 11.4. The van der Waals surface area contributed by atoms with Gasteiger partial charge in [0, 0.05) is 6.42 Å². The molecule has 1 nitrogen and oxygen atoms in total. The van der Waals surface area contributed by atoms with Gasteiger partial charge in [-0.15, -0.1) is 0 Å². The number of carbonyl (C=O) groups excluding carboxylic acids is 1. The lowest BCUT2D eigenvalue weighted by molar-refractivity contribution is -0.115. The first kappa shape index (κ1) is 8.98. The predicted molar refractivity (Wildman–Crippen MR) is 53.4 cm³/mol. The van der Waals surface area contributed by atoms with E-state index in [1.165, 1.54) is 25.7 Å². The quantitative estimate of drug-likeness (QED) is 0.607. The summed E-state index contributed by atoms with van der Waals surface area (Å²) in [5, 5.41) is 0. The van der Waals surface area contributed by atoms with Crippen LogP contribution in [0.4, 0.5) is 0 Å². The molecule has 0 aromatic heterocycles. The normalized spacial score (nSPS) is 37.5. The molecule has 0 saturated heterocycles. The molecule has 2 rings (SSSR count). The second-order valence-electron chi connectivity index (χ2n) is 4.61. The average molecular weight is 178 g/mol. The first-order chi connectivity index (χ1) is 6.29. The molecule has 2 aliphatic rings. The van der Waals surface area contributed by atoms with E-state index in [0.717, 1.165) is 24.2 Å². The summed E-state index contributed by atoms with van der Waals surface area (Å²) in [6.07, 6.45) is 9.95. The minimum Gasteiger partial charge on any atom is -0.295 e. The standard InChI is InChI=1S/C12H18O/c1-2-3-12(13)8-11-7-9-4-5-10(11)6-9/h2-3,9-11H,4-8H2,1H3/b3-2+. The van der Waals surface area contributed by atoms with Crippen LogP contribution in [0, 0.1) is 17.8 Å². The summed E-state index contributed by atoms with van der Waals surface area (Å²) in [5.41, 5.74) is 0. The Labute approximate surface area is 80.2 Å². The molecule has 0 aromatic carbocycles. The van der Waals surface area contributed by atoms with E-state index in [2.05, 4.69) is 0 Å². The van der Waals surface area contributed by atoms with Gasteiger partial charge in [0.2, 0.25) is 0 Å². The molecule has 0 N–H and O–H groups in total. The monoisotopic (exact) mass is 178 g/mol. The van der Waals surface area contributed by atoms with Crippen molar-refractivity contribution in [2.24, 2.45) is 17.8 Å². The number of fused-ring (bicyclic) bond motifs is 2. The highest BCUT2D eigenvalue weighted by molar-refractivity contribution is 5.89. The minimum absolute atomic E-state index is 0.333. The van der Waals surface area contributed by atoms with Crippen molar-refractivity contribution in [3.05, 3.63) is 12.2 Å². The molecule has 0 spiro atoms. The molecule has 3 atom stereocenters. The Bertz CT molecular complexity index is 229. The molecule has 3 unspecified atom stereocenters. The molecule has 0 aromatic rings. The van der Waals surface area contributed by atoms with Crippen LogP contribution in [0.5, 0.6) is 0 Å². The van der Waals surface area contributed by atoms with Gasteiger partial charge in [-0.25, -0.2) is 0 Å². The van der Waals surface area contributed by atoms with E-state index >= 15 is 0 Å². The Morgan fingerprint density at radius 3 is 2.77 bits per heavy atom. The average Bonchev–Trinajstić information content (AvgIpc) is 2.65.